The second kappa shape index (κ2) is 16.6. The number of rotatable bonds is 23. The second-order valence-corrected chi connectivity index (χ2v) is 12.5. The van der Waals surface area contributed by atoms with Gasteiger partial charge in [-0.25, -0.2) is 0 Å². The third-order valence-electron chi connectivity index (χ3n) is 7.20. The van der Waals surface area contributed by atoms with Gasteiger partial charge in [0.05, 0.1) is 18.3 Å². The van der Waals surface area contributed by atoms with Crippen LogP contribution in [0.3, 0.4) is 0 Å². The smallest absolute Gasteiger partial charge is 0.324 e. The van der Waals surface area contributed by atoms with Crippen molar-refractivity contribution in [2.24, 2.45) is 5.92 Å². The maximum atomic E-state index is 15.0. The van der Waals surface area contributed by atoms with Crippen LogP contribution in [0, 0.1) is 5.92 Å². The molecule has 0 fully saturated rings. The molecule has 0 saturated heterocycles. The van der Waals surface area contributed by atoms with Crippen molar-refractivity contribution in [2.75, 3.05) is 0 Å². The summed E-state index contributed by atoms with van der Waals surface area (Å²) in [7, 11) is 0. The molecule has 20 heteroatoms. The van der Waals surface area contributed by atoms with Gasteiger partial charge in [-0.2, -0.15) is 74.6 Å². The van der Waals surface area contributed by atoms with E-state index < -0.39 is 90.7 Å². The van der Waals surface area contributed by atoms with Gasteiger partial charge >= 0.3 is 47.6 Å². The van der Waals surface area contributed by atoms with E-state index in [9.17, 15) is 74.6 Å². The molecule has 0 heterocycles. The maximum absolute atomic E-state index is 15.0. The second-order valence-electron chi connectivity index (χ2n) is 12.5. The minimum atomic E-state index is -8.67. The lowest BCUT2D eigenvalue weighted by atomic mass is 9.85. The molecule has 0 bridgehead atoms. The SMILES string of the molecule is CCCCCCCCC(CCC(F)(F)C(F)(F)C(F)(F)C(F)(F)C(F)(F)C(F)(F)C(F)(F)C(F)(F)F)C(OC(C)C)(OC(C)C)OC(C)C. The van der Waals surface area contributed by atoms with E-state index >= 15 is 0 Å². The van der Waals surface area contributed by atoms with Crippen molar-refractivity contribution in [3.8, 4) is 0 Å². The molecule has 296 valence electrons. The molecule has 0 radical (unpaired) electrons. The van der Waals surface area contributed by atoms with Crippen LogP contribution in [0.25, 0.3) is 0 Å². The van der Waals surface area contributed by atoms with Crippen molar-refractivity contribution >= 4 is 0 Å². The van der Waals surface area contributed by atoms with Crippen LogP contribution in [0.2, 0.25) is 0 Å². The highest BCUT2D eigenvalue weighted by atomic mass is 19.4. The van der Waals surface area contributed by atoms with Crippen LogP contribution < -0.4 is 0 Å². The Morgan fingerprint density at radius 3 is 1.08 bits per heavy atom. The fraction of sp³-hybridized carbons (Fsp3) is 1.00. The zero-order valence-electron chi connectivity index (χ0n) is 27.8. The molecule has 0 aliphatic carbocycles. The summed E-state index contributed by atoms with van der Waals surface area (Å²) in [5, 5.41) is 0. The highest BCUT2D eigenvalue weighted by Gasteiger charge is 2.95. The molecule has 1 unspecified atom stereocenters. The highest BCUT2D eigenvalue weighted by molar-refractivity contribution is 5.15. The van der Waals surface area contributed by atoms with E-state index in [0.717, 1.165) is 19.3 Å². The molecule has 0 saturated carbocycles. The van der Waals surface area contributed by atoms with Gasteiger partial charge in [0.15, 0.2) is 0 Å². The Hall–Kier alpha value is -1.31. The number of alkyl halides is 17. The highest BCUT2D eigenvalue weighted by Crippen LogP contribution is 2.64. The Bertz CT molecular complexity index is 968. The summed E-state index contributed by atoms with van der Waals surface area (Å²) >= 11 is 0. The molecule has 0 N–H and O–H groups in total. The van der Waals surface area contributed by atoms with Gasteiger partial charge in [-0.1, -0.05) is 45.4 Å². The summed E-state index contributed by atoms with van der Waals surface area (Å²) < 4.78 is 252. The van der Waals surface area contributed by atoms with Crippen molar-refractivity contribution in [3.63, 3.8) is 0 Å². The predicted octanol–water partition coefficient (Wildman–Crippen LogP) is 12.1. The van der Waals surface area contributed by atoms with Gasteiger partial charge < -0.3 is 14.2 Å². The summed E-state index contributed by atoms with van der Waals surface area (Å²) in [6.07, 6.45) is -11.1. The standard InChI is InChI=1S/C29H43F17O3/c1-8-9-10-11-12-13-14-20(22(47-17(2)3,48-18(4)5)49-19(6)7)15-16-21(30,31)23(32,33)24(34,35)25(36,37)26(38,39)27(40,41)28(42,43)29(44,45)46/h17-20H,8-16H2,1-7H3. The Morgan fingerprint density at radius 2 is 0.735 bits per heavy atom. The van der Waals surface area contributed by atoms with Crippen molar-refractivity contribution in [3.05, 3.63) is 0 Å². The van der Waals surface area contributed by atoms with Crippen LogP contribution in [0.1, 0.15) is 106 Å². The first-order valence-electron chi connectivity index (χ1n) is 15.4. The summed E-state index contributed by atoms with van der Waals surface area (Å²) in [6.45, 7) is 10.4. The molecule has 3 nitrogen and oxygen atoms in total. The van der Waals surface area contributed by atoms with Gasteiger partial charge in [-0.05, 0) is 54.4 Å². The van der Waals surface area contributed by atoms with Crippen molar-refractivity contribution in [2.45, 2.75) is 178 Å². The molecule has 0 rings (SSSR count). The molecule has 0 aliphatic heterocycles. The zero-order valence-corrected chi connectivity index (χ0v) is 27.8. The molecule has 0 aromatic carbocycles. The largest absolute Gasteiger partial charge is 0.460 e. The molecule has 0 aromatic rings. The maximum Gasteiger partial charge on any atom is 0.460 e. The zero-order chi connectivity index (χ0) is 39.3. The van der Waals surface area contributed by atoms with E-state index in [-0.39, 0.29) is 12.8 Å². The van der Waals surface area contributed by atoms with Gasteiger partial charge in [-0.3, -0.25) is 0 Å². The number of ether oxygens (including phenoxy) is 3. The van der Waals surface area contributed by atoms with Crippen LogP contribution in [0.5, 0.6) is 0 Å². The third-order valence-corrected chi connectivity index (χ3v) is 7.20. The van der Waals surface area contributed by atoms with Gasteiger partial charge in [0.2, 0.25) is 0 Å². The Balaban J connectivity index is 6.91. The van der Waals surface area contributed by atoms with E-state index in [1.54, 1.807) is 0 Å². The molecular weight excluding hydrogens is 719 g/mol. The van der Waals surface area contributed by atoms with E-state index in [2.05, 4.69) is 0 Å². The molecule has 0 aliphatic rings. The van der Waals surface area contributed by atoms with Gasteiger partial charge in [0.25, 0.3) is 5.97 Å². The first-order valence-corrected chi connectivity index (χ1v) is 15.4. The van der Waals surface area contributed by atoms with E-state index in [1.165, 1.54) is 41.5 Å². The molecule has 49 heavy (non-hydrogen) atoms. The molecule has 0 amide bonds. The van der Waals surface area contributed by atoms with Crippen molar-refractivity contribution in [1.29, 1.82) is 0 Å². The van der Waals surface area contributed by atoms with E-state index in [4.69, 9.17) is 14.2 Å². The first-order chi connectivity index (χ1) is 21.7. The van der Waals surface area contributed by atoms with Gasteiger partial charge in [0.1, 0.15) is 0 Å². The van der Waals surface area contributed by atoms with Crippen LogP contribution in [-0.2, 0) is 14.2 Å². The minimum Gasteiger partial charge on any atom is -0.324 e. The Kier molecular flexibility index (Phi) is 16.1. The summed E-state index contributed by atoms with van der Waals surface area (Å²) in [4.78, 5) is 0. The predicted molar refractivity (Wildman–Crippen MR) is 143 cm³/mol. The lowest BCUT2D eigenvalue weighted by molar-refractivity contribution is -0.462. The fourth-order valence-corrected chi connectivity index (χ4v) is 4.74. The summed E-state index contributed by atoms with van der Waals surface area (Å²) in [6, 6.07) is 0. The monoisotopic (exact) mass is 762 g/mol. The van der Waals surface area contributed by atoms with Crippen molar-refractivity contribution < 1.29 is 88.8 Å². The average Bonchev–Trinajstić information content (AvgIpc) is 2.89. The number of unbranched alkanes of at least 4 members (excludes halogenated alkanes) is 5. The van der Waals surface area contributed by atoms with Crippen LogP contribution in [0.4, 0.5) is 74.6 Å². The minimum absolute atomic E-state index is 0.130. The van der Waals surface area contributed by atoms with Gasteiger partial charge in [-0.15, -0.1) is 0 Å². The lowest BCUT2D eigenvalue weighted by Gasteiger charge is -2.44. The van der Waals surface area contributed by atoms with Crippen LogP contribution >= 0.6 is 0 Å². The normalized spacial score (nSPS) is 16.0. The van der Waals surface area contributed by atoms with Crippen molar-refractivity contribution in [1.82, 2.24) is 0 Å². The van der Waals surface area contributed by atoms with Crippen LogP contribution in [-0.4, -0.2) is 71.9 Å². The molecule has 0 aromatic heterocycles. The third kappa shape index (κ3) is 9.97. The Morgan fingerprint density at radius 1 is 0.408 bits per heavy atom. The van der Waals surface area contributed by atoms with E-state index in [0.29, 0.717) is 12.8 Å². The van der Waals surface area contributed by atoms with Gasteiger partial charge in [0, 0.05) is 12.3 Å². The number of halogens is 17. The summed E-state index contributed by atoms with van der Waals surface area (Å²) in [5.74, 6) is -60.6. The molecule has 1 atom stereocenters. The Labute approximate surface area is 273 Å². The summed E-state index contributed by atoms with van der Waals surface area (Å²) in [5.41, 5.74) is 0. The van der Waals surface area contributed by atoms with E-state index in [1.807, 2.05) is 6.92 Å². The lowest BCUT2D eigenvalue weighted by Crippen LogP contribution is -2.74. The molecular formula is C29H43F17O3. The fourth-order valence-electron chi connectivity index (χ4n) is 4.74. The topological polar surface area (TPSA) is 27.7 Å². The number of hydrogen-bond donors (Lipinski definition) is 0. The van der Waals surface area contributed by atoms with Crippen LogP contribution in [0.15, 0.2) is 0 Å². The number of hydrogen-bond acceptors (Lipinski definition) is 3. The quantitative estimate of drug-likeness (QED) is 0.0589. The first kappa shape index (κ1) is 47.7. The molecule has 0 spiro atoms. The average molecular weight is 763 g/mol.